The fraction of sp³-hybridized carbons (Fsp3) is 0.588. The number of sulfonamides is 1. The molecule has 0 aromatic heterocycles. The van der Waals surface area contributed by atoms with Crippen molar-refractivity contribution in [3.8, 4) is 0 Å². The van der Waals surface area contributed by atoms with Crippen LogP contribution in [0, 0.1) is 0 Å². The summed E-state index contributed by atoms with van der Waals surface area (Å²) in [5.41, 5.74) is 6.52. The second-order valence-corrected chi connectivity index (χ2v) is 8.36. The van der Waals surface area contributed by atoms with Crippen LogP contribution in [0.25, 0.3) is 0 Å². The van der Waals surface area contributed by atoms with Crippen molar-refractivity contribution in [1.82, 2.24) is 0 Å². The van der Waals surface area contributed by atoms with Crippen LogP contribution in [0.1, 0.15) is 51.9 Å². The molecule has 25 heavy (non-hydrogen) atoms. The highest BCUT2D eigenvalue weighted by atomic mass is 35.5. The number of nitrogens with one attached hydrogen (secondary N) is 2. The van der Waals surface area contributed by atoms with Crippen molar-refractivity contribution < 1.29 is 13.2 Å². The van der Waals surface area contributed by atoms with Crippen molar-refractivity contribution >= 4 is 39.7 Å². The van der Waals surface area contributed by atoms with E-state index in [1.54, 1.807) is 24.3 Å². The highest BCUT2D eigenvalue weighted by Crippen LogP contribution is 2.27. The summed E-state index contributed by atoms with van der Waals surface area (Å²) in [4.78, 5) is 12.4. The number of nitrogens with two attached hydrogens (primary N) is 1. The largest absolute Gasteiger partial charge is 0.324 e. The standard InChI is InChI=1S/C17H27N3O3S.ClH/c1-2-3-13-24(22,23)20-15-9-7-14(8-10-15)19-16(21)17(18)11-5-4-6-12-17;/h7-10,20H,2-6,11-13,18H2,1H3,(H,19,21);1H. The summed E-state index contributed by atoms with van der Waals surface area (Å²) in [7, 11) is -3.32. The quantitative estimate of drug-likeness (QED) is 0.666. The van der Waals surface area contributed by atoms with Crippen LogP contribution < -0.4 is 15.8 Å². The summed E-state index contributed by atoms with van der Waals surface area (Å²) in [6.07, 6.45) is 5.93. The number of hydrogen-bond acceptors (Lipinski definition) is 4. The summed E-state index contributed by atoms with van der Waals surface area (Å²) in [5.74, 6) is -0.0593. The zero-order valence-corrected chi connectivity index (χ0v) is 16.2. The van der Waals surface area contributed by atoms with Gasteiger partial charge in [0.05, 0.1) is 11.3 Å². The van der Waals surface area contributed by atoms with E-state index < -0.39 is 15.6 Å². The lowest BCUT2D eigenvalue weighted by molar-refractivity contribution is -0.122. The van der Waals surface area contributed by atoms with E-state index in [2.05, 4.69) is 10.0 Å². The van der Waals surface area contributed by atoms with E-state index in [1.165, 1.54) is 0 Å². The Hall–Kier alpha value is -1.31. The van der Waals surface area contributed by atoms with E-state index in [4.69, 9.17) is 5.73 Å². The summed E-state index contributed by atoms with van der Waals surface area (Å²) in [6.45, 7) is 1.95. The second-order valence-electron chi connectivity index (χ2n) is 6.52. The van der Waals surface area contributed by atoms with E-state index in [1.807, 2.05) is 6.92 Å². The average molecular weight is 390 g/mol. The third kappa shape index (κ3) is 6.49. The molecule has 1 aliphatic carbocycles. The molecule has 0 aliphatic heterocycles. The van der Waals surface area contributed by atoms with Crippen molar-refractivity contribution in [3.63, 3.8) is 0 Å². The Morgan fingerprint density at radius 1 is 1.12 bits per heavy atom. The van der Waals surface area contributed by atoms with Crippen LogP contribution in [0.2, 0.25) is 0 Å². The van der Waals surface area contributed by atoms with Crippen LogP contribution in [0.4, 0.5) is 11.4 Å². The molecule has 1 aromatic rings. The van der Waals surface area contributed by atoms with Crippen molar-refractivity contribution in [2.24, 2.45) is 5.73 Å². The Labute approximate surface area is 156 Å². The predicted octanol–water partition coefficient (Wildman–Crippen LogP) is 3.25. The number of rotatable bonds is 7. The first kappa shape index (κ1) is 21.7. The molecule has 4 N–H and O–H groups in total. The normalized spacial score (nSPS) is 16.6. The molecule has 1 amide bonds. The van der Waals surface area contributed by atoms with Crippen molar-refractivity contribution in [1.29, 1.82) is 0 Å². The summed E-state index contributed by atoms with van der Waals surface area (Å²) >= 11 is 0. The van der Waals surface area contributed by atoms with E-state index in [0.29, 0.717) is 30.6 Å². The Morgan fingerprint density at radius 3 is 2.24 bits per heavy atom. The number of anilines is 2. The van der Waals surface area contributed by atoms with Gasteiger partial charge in [0, 0.05) is 11.4 Å². The van der Waals surface area contributed by atoms with Gasteiger partial charge in [0.25, 0.3) is 0 Å². The molecule has 0 radical (unpaired) electrons. The Bertz CT molecular complexity index is 656. The van der Waals surface area contributed by atoms with E-state index in [9.17, 15) is 13.2 Å². The molecule has 6 nitrogen and oxygen atoms in total. The molecule has 2 rings (SSSR count). The van der Waals surface area contributed by atoms with Gasteiger partial charge in [0.2, 0.25) is 15.9 Å². The predicted molar refractivity (Wildman–Crippen MR) is 105 cm³/mol. The van der Waals surface area contributed by atoms with Crippen LogP contribution >= 0.6 is 12.4 Å². The van der Waals surface area contributed by atoms with Gasteiger partial charge in [-0.2, -0.15) is 0 Å². The van der Waals surface area contributed by atoms with E-state index in [0.717, 1.165) is 25.7 Å². The number of carbonyl (C=O) groups is 1. The third-order valence-corrected chi connectivity index (χ3v) is 5.75. The SMILES string of the molecule is CCCCS(=O)(=O)Nc1ccc(NC(=O)C2(N)CCCCC2)cc1.Cl. The molecule has 0 bridgehead atoms. The fourth-order valence-electron chi connectivity index (χ4n) is 2.85. The highest BCUT2D eigenvalue weighted by Gasteiger charge is 2.35. The summed E-state index contributed by atoms with van der Waals surface area (Å²) in [6, 6.07) is 6.65. The first-order chi connectivity index (χ1) is 11.3. The number of halogens is 1. The number of carbonyl (C=O) groups excluding carboxylic acids is 1. The molecular formula is C17H28ClN3O3S. The van der Waals surface area contributed by atoms with Gasteiger partial charge in [-0.15, -0.1) is 12.4 Å². The maximum absolute atomic E-state index is 12.4. The minimum atomic E-state index is -3.32. The van der Waals surface area contributed by atoms with Crippen molar-refractivity contribution in [3.05, 3.63) is 24.3 Å². The third-order valence-electron chi connectivity index (χ3n) is 4.38. The molecule has 0 heterocycles. The smallest absolute Gasteiger partial charge is 0.244 e. The zero-order valence-electron chi connectivity index (χ0n) is 14.6. The van der Waals surface area contributed by atoms with E-state index >= 15 is 0 Å². The number of amides is 1. The number of unbranched alkanes of at least 4 members (excludes halogenated alkanes) is 1. The molecule has 1 fully saturated rings. The van der Waals surface area contributed by atoms with E-state index in [-0.39, 0.29) is 24.1 Å². The van der Waals surface area contributed by atoms with Gasteiger partial charge in [-0.1, -0.05) is 32.6 Å². The topological polar surface area (TPSA) is 101 Å². The summed E-state index contributed by atoms with van der Waals surface area (Å²) in [5, 5.41) is 2.84. The second kappa shape index (κ2) is 9.40. The monoisotopic (exact) mass is 389 g/mol. The van der Waals surface area contributed by atoms with Crippen LogP contribution in [0.3, 0.4) is 0 Å². The Morgan fingerprint density at radius 2 is 1.68 bits per heavy atom. The van der Waals surface area contributed by atoms with Crippen molar-refractivity contribution in [2.75, 3.05) is 15.8 Å². The van der Waals surface area contributed by atoms with Crippen LogP contribution in [0.15, 0.2) is 24.3 Å². The molecular weight excluding hydrogens is 362 g/mol. The minimum Gasteiger partial charge on any atom is -0.324 e. The lowest BCUT2D eigenvalue weighted by atomic mass is 9.82. The first-order valence-corrected chi connectivity index (χ1v) is 10.2. The van der Waals surface area contributed by atoms with Crippen LogP contribution in [-0.4, -0.2) is 25.6 Å². The lowest BCUT2D eigenvalue weighted by Crippen LogP contribution is -2.52. The van der Waals surface area contributed by atoms with Gasteiger partial charge in [-0.05, 0) is 43.5 Å². The molecule has 8 heteroatoms. The maximum atomic E-state index is 12.4. The van der Waals surface area contributed by atoms with Gasteiger partial charge >= 0.3 is 0 Å². The molecule has 142 valence electrons. The Kier molecular flexibility index (Phi) is 8.18. The molecule has 0 saturated heterocycles. The van der Waals surface area contributed by atoms with Crippen LogP contribution in [-0.2, 0) is 14.8 Å². The highest BCUT2D eigenvalue weighted by molar-refractivity contribution is 7.92. The fourth-order valence-corrected chi connectivity index (χ4v) is 4.12. The van der Waals surface area contributed by atoms with Gasteiger partial charge in [0.1, 0.15) is 0 Å². The molecule has 1 aliphatic rings. The Balaban J connectivity index is 0.00000312. The van der Waals surface area contributed by atoms with Gasteiger partial charge in [-0.25, -0.2) is 8.42 Å². The molecule has 1 aromatic carbocycles. The molecule has 0 atom stereocenters. The molecule has 0 unspecified atom stereocenters. The minimum absolute atomic E-state index is 0. The zero-order chi connectivity index (χ0) is 17.6. The van der Waals surface area contributed by atoms with Gasteiger partial charge < -0.3 is 11.1 Å². The number of hydrogen-bond donors (Lipinski definition) is 3. The first-order valence-electron chi connectivity index (χ1n) is 8.55. The lowest BCUT2D eigenvalue weighted by Gasteiger charge is -2.31. The van der Waals surface area contributed by atoms with Crippen molar-refractivity contribution in [2.45, 2.75) is 57.4 Å². The molecule has 1 saturated carbocycles. The summed E-state index contributed by atoms with van der Waals surface area (Å²) < 4.78 is 26.3. The molecule has 0 spiro atoms. The average Bonchev–Trinajstić information content (AvgIpc) is 2.55. The van der Waals surface area contributed by atoms with Gasteiger partial charge in [-0.3, -0.25) is 9.52 Å². The van der Waals surface area contributed by atoms with Crippen LogP contribution in [0.5, 0.6) is 0 Å². The maximum Gasteiger partial charge on any atom is 0.244 e. The number of benzene rings is 1. The van der Waals surface area contributed by atoms with Gasteiger partial charge in [0.15, 0.2) is 0 Å².